The minimum Gasteiger partial charge on any atom is -0.466 e. The van der Waals surface area contributed by atoms with E-state index in [1.165, 1.54) is 47.0 Å². The predicted octanol–water partition coefficient (Wildman–Crippen LogP) is 10.5. The van der Waals surface area contributed by atoms with Gasteiger partial charge in [0.2, 0.25) is 0 Å². The molecule has 0 unspecified atom stereocenters. The summed E-state index contributed by atoms with van der Waals surface area (Å²) < 4.78 is 22.2. The topological polar surface area (TPSA) is 178 Å². The highest BCUT2D eigenvalue weighted by atomic mass is 16.5. The van der Waals surface area contributed by atoms with E-state index in [0.717, 1.165) is 40.5 Å². The van der Waals surface area contributed by atoms with Crippen LogP contribution in [-0.4, -0.2) is 76.9 Å². The molecule has 1 N–H and O–H groups in total. The van der Waals surface area contributed by atoms with Gasteiger partial charge in [-0.2, -0.15) is 0 Å². The highest BCUT2D eigenvalue weighted by molar-refractivity contribution is 5.94. The van der Waals surface area contributed by atoms with Crippen molar-refractivity contribution in [3.8, 4) is 0 Å². The summed E-state index contributed by atoms with van der Waals surface area (Å²) in [5.74, 6) is -1.16. The lowest BCUT2D eigenvalue weighted by Crippen LogP contribution is -2.40. The van der Waals surface area contributed by atoms with E-state index in [-0.39, 0.29) is 30.7 Å². The standard InChI is InChI=1S/C14H19NO2.C10H12O.C6H8O3.C6H10O.C5H8O2.C5H8O.C4H6O2.CH4/c1-10(2)11-7-6-8-12(9-11)14(3,4)15-13(16)17-5;1-3-9-4-6-10(7-5-9)8-11-2;1-5(7)3-4-6(8)9-2;1-4-6(7)5(2)3;1-4(2)5(6)7-3;1-3-5(6)4-2;1-3-4(5)6-2;/h6-9H,1H2,2-5H3,(H,15,16);3-7H,1,8H2,2H3;3-4H,1-2H3;2,4H2,1,3H3;1H2,2-3H3;3H,1,4H2,2H3;3H,1H2,2H3;1H4. The molecule has 2 aromatic rings. The highest BCUT2D eigenvalue weighted by Gasteiger charge is 2.23. The summed E-state index contributed by atoms with van der Waals surface area (Å²) in [7, 11) is 6.95. The van der Waals surface area contributed by atoms with Crippen LogP contribution in [0.4, 0.5) is 4.79 Å². The van der Waals surface area contributed by atoms with Crippen molar-refractivity contribution in [3.63, 3.8) is 0 Å². The minimum atomic E-state index is -0.509. The molecule has 2 aromatic carbocycles. The molecule has 2 rings (SSSR count). The van der Waals surface area contributed by atoms with Crippen LogP contribution in [-0.2, 0) is 64.6 Å². The fourth-order valence-electron chi connectivity index (χ4n) is 3.43. The van der Waals surface area contributed by atoms with Crippen LogP contribution in [0.1, 0.15) is 97.9 Å². The Morgan fingerprint density at radius 2 is 1.20 bits per heavy atom. The second kappa shape index (κ2) is 42.9. The van der Waals surface area contributed by atoms with Gasteiger partial charge >= 0.3 is 24.0 Å². The minimum absolute atomic E-state index is 0. The number of benzene rings is 2. The SMILES string of the molecule is C.C=C(C)C(=O)CC.C=C(C)C(=O)OC.C=C(C)c1cccc(C(C)(C)NC(=O)OC)c1.C=CC(=O)CC.C=CC(=O)OC.C=Cc1ccc(COC)cc1.COC(=O)C=CC(C)=O. The first-order valence-electron chi connectivity index (χ1n) is 19.3. The molecule has 356 valence electrons. The largest absolute Gasteiger partial charge is 0.466 e. The Kier molecular flexibility index (Phi) is 46.3. The van der Waals surface area contributed by atoms with E-state index in [0.29, 0.717) is 30.6 Å². The van der Waals surface area contributed by atoms with Gasteiger partial charge in [-0.15, -0.1) is 0 Å². The molecule has 0 heterocycles. The Bertz CT molecular complexity index is 1770. The molecule has 1 amide bonds. The molecule has 0 bridgehead atoms. The molecule has 0 saturated heterocycles. The monoisotopic (exact) mass is 894 g/mol. The third-order valence-corrected chi connectivity index (χ3v) is 7.13. The zero-order chi connectivity index (χ0) is 50.1. The van der Waals surface area contributed by atoms with Crippen molar-refractivity contribution in [1.82, 2.24) is 5.32 Å². The zero-order valence-corrected chi connectivity index (χ0v) is 39.8. The summed E-state index contributed by atoms with van der Waals surface area (Å²) in [5, 5.41) is 2.80. The number of esters is 3. The molecule has 64 heavy (non-hydrogen) atoms. The van der Waals surface area contributed by atoms with Gasteiger partial charge < -0.3 is 29.0 Å². The van der Waals surface area contributed by atoms with E-state index < -0.39 is 23.6 Å². The zero-order valence-electron chi connectivity index (χ0n) is 39.8. The number of carbonyl (C=O) groups excluding carboxylic acids is 7. The number of nitrogens with one attached hydrogen (secondary N) is 1. The van der Waals surface area contributed by atoms with Crippen molar-refractivity contribution in [3.05, 3.63) is 146 Å². The lowest BCUT2D eigenvalue weighted by molar-refractivity contribution is -0.136. The first kappa shape index (κ1) is 69.0. The van der Waals surface area contributed by atoms with Gasteiger partial charge in [-0.25, -0.2) is 19.2 Å². The first-order valence-corrected chi connectivity index (χ1v) is 19.3. The molecule has 0 radical (unpaired) electrons. The number of ether oxygens (including phenoxy) is 5. The molecule has 0 aromatic heterocycles. The summed E-state index contributed by atoms with van der Waals surface area (Å²) >= 11 is 0. The van der Waals surface area contributed by atoms with Crippen molar-refractivity contribution in [2.45, 2.75) is 87.8 Å². The molecule has 0 aliphatic rings. The predicted molar refractivity (Wildman–Crippen MR) is 260 cm³/mol. The van der Waals surface area contributed by atoms with Crippen LogP contribution in [0.3, 0.4) is 0 Å². The molecule has 13 heteroatoms. The average Bonchev–Trinajstić information content (AvgIpc) is 3.28. The average molecular weight is 894 g/mol. The number of alkyl carbamates (subject to hydrolysis) is 1. The van der Waals surface area contributed by atoms with Gasteiger partial charge in [0.25, 0.3) is 0 Å². The Labute approximate surface area is 383 Å². The van der Waals surface area contributed by atoms with Crippen LogP contribution in [0, 0.1) is 0 Å². The molecule has 0 aliphatic carbocycles. The molecular formula is C51H75NO12. The summed E-state index contributed by atoms with van der Waals surface area (Å²) in [6.45, 7) is 35.7. The first-order chi connectivity index (χ1) is 29.4. The maximum absolute atomic E-state index is 11.3. The van der Waals surface area contributed by atoms with Gasteiger partial charge in [0.05, 0.1) is 40.6 Å². The summed E-state index contributed by atoms with van der Waals surface area (Å²) in [6.07, 6.45) is 7.24. The summed E-state index contributed by atoms with van der Waals surface area (Å²) in [5.41, 5.74) is 6.04. The van der Waals surface area contributed by atoms with Crippen molar-refractivity contribution in [1.29, 1.82) is 0 Å². The van der Waals surface area contributed by atoms with Crippen molar-refractivity contribution in [2.75, 3.05) is 35.5 Å². The molecular weight excluding hydrogens is 819 g/mol. The van der Waals surface area contributed by atoms with E-state index in [2.05, 4.69) is 63.7 Å². The van der Waals surface area contributed by atoms with Crippen LogP contribution in [0.5, 0.6) is 0 Å². The number of allylic oxidation sites excluding steroid dienone is 4. The smallest absolute Gasteiger partial charge is 0.407 e. The number of amides is 1. The van der Waals surface area contributed by atoms with Gasteiger partial charge in [0.15, 0.2) is 17.3 Å². The lowest BCUT2D eigenvalue weighted by atomic mass is 9.92. The molecule has 0 aliphatic heterocycles. The molecule has 0 spiro atoms. The molecule has 0 atom stereocenters. The Morgan fingerprint density at radius 3 is 1.47 bits per heavy atom. The second-order valence-electron chi connectivity index (χ2n) is 13.0. The molecule has 0 fully saturated rings. The quantitative estimate of drug-likeness (QED) is 0.108. The van der Waals surface area contributed by atoms with Gasteiger partial charge in [0, 0.05) is 37.7 Å². The summed E-state index contributed by atoms with van der Waals surface area (Å²) in [4.78, 5) is 72.2. The normalized spacial score (nSPS) is 8.95. The number of hydrogen-bond donors (Lipinski definition) is 1. The van der Waals surface area contributed by atoms with Gasteiger partial charge in [-0.1, -0.05) is 115 Å². The lowest BCUT2D eigenvalue weighted by Gasteiger charge is -2.26. The van der Waals surface area contributed by atoms with Crippen LogP contribution >= 0.6 is 0 Å². The van der Waals surface area contributed by atoms with Crippen molar-refractivity contribution < 1.29 is 57.2 Å². The number of ketones is 3. The van der Waals surface area contributed by atoms with Crippen LogP contribution in [0.2, 0.25) is 0 Å². The van der Waals surface area contributed by atoms with Crippen LogP contribution < -0.4 is 5.32 Å². The van der Waals surface area contributed by atoms with E-state index >= 15 is 0 Å². The maximum Gasteiger partial charge on any atom is 0.407 e. The number of carbonyl (C=O) groups is 7. The number of hydrogen-bond acceptors (Lipinski definition) is 12. The third kappa shape index (κ3) is 42.0. The molecule has 13 nitrogen and oxygen atoms in total. The van der Waals surface area contributed by atoms with Crippen molar-refractivity contribution >= 4 is 53.0 Å². The summed E-state index contributed by atoms with van der Waals surface area (Å²) in [6, 6.07) is 16.1. The van der Waals surface area contributed by atoms with Crippen molar-refractivity contribution in [2.24, 2.45) is 0 Å². The van der Waals surface area contributed by atoms with Gasteiger partial charge in [0.1, 0.15) is 0 Å². The van der Waals surface area contributed by atoms with Crippen LogP contribution in [0.25, 0.3) is 11.6 Å². The Morgan fingerprint density at radius 1 is 0.672 bits per heavy atom. The van der Waals surface area contributed by atoms with E-state index in [1.807, 2.05) is 89.2 Å². The maximum atomic E-state index is 11.3. The third-order valence-electron chi connectivity index (χ3n) is 7.13. The van der Waals surface area contributed by atoms with Gasteiger partial charge in [-0.05, 0) is 87.6 Å². The highest BCUT2D eigenvalue weighted by Crippen LogP contribution is 2.23. The van der Waals surface area contributed by atoms with Gasteiger partial charge in [-0.3, -0.25) is 14.4 Å². The number of Topliss-reactive ketones (excluding diaryl/α,β-unsaturated/α-hetero) is 1. The second-order valence-corrected chi connectivity index (χ2v) is 13.0. The Balaban J connectivity index is -0.000000159. The van der Waals surface area contributed by atoms with E-state index in [1.54, 1.807) is 21.0 Å². The number of rotatable bonds is 14. The number of methoxy groups -OCH3 is 5. The molecule has 0 saturated carbocycles. The fraction of sp³-hybridized carbons (Fsp3) is 0.353. The fourth-order valence-corrected chi connectivity index (χ4v) is 3.43. The van der Waals surface area contributed by atoms with E-state index in [9.17, 15) is 33.6 Å². The Hall–Kier alpha value is -6.73. The van der Waals surface area contributed by atoms with Crippen LogP contribution in [0.15, 0.2) is 123 Å². The van der Waals surface area contributed by atoms with E-state index in [4.69, 9.17) is 4.74 Å².